The van der Waals surface area contributed by atoms with E-state index >= 15 is 0 Å². The van der Waals surface area contributed by atoms with Crippen molar-refractivity contribution in [1.29, 1.82) is 0 Å². The number of nitrogens with zero attached hydrogens (tertiary/aromatic N) is 2. The summed E-state index contributed by atoms with van der Waals surface area (Å²) in [6.07, 6.45) is 5.91. The highest BCUT2D eigenvalue weighted by Gasteiger charge is 2.51. The molecule has 2 aliphatic rings. The van der Waals surface area contributed by atoms with E-state index in [1.807, 2.05) is 0 Å². The minimum Gasteiger partial charge on any atom is -0.396 e. The first-order chi connectivity index (χ1) is 10.5. The molecule has 0 N–H and O–H groups in total. The molecule has 0 bridgehead atoms. The van der Waals surface area contributed by atoms with Crippen molar-refractivity contribution >= 4 is 34.7 Å². The van der Waals surface area contributed by atoms with E-state index in [-0.39, 0.29) is 0 Å². The Bertz CT molecular complexity index is 876. The van der Waals surface area contributed by atoms with Gasteiger partial charge in [-0.25, -0.2) is 4.39 Å². The van der Waals surface area contributed by atoms with Gasteiger partial charge in [-0.3, -0.25) is 0 Å². The van der Waals surface area contributed by atoms with Gasteiger partial charge in [-0.15, -0.1) is 0 Å². The predicted molar refractivity (Wildman–Crippen MR) is 83.4 cm³/mol. The number of hydrogen-bond donors (Lipinski definition) is 0. The number of benzene rings is 1. The smallest absolute Gasteiger partial charge is 0.396 e. The Kier molecular flexibility index (Phi) is 2.78. The summed E-state index contributed by atoms with van der Waals surface area (Å²) in [5, 5.41) is 0. The third kappa shape index (κ3) is 1.78. The number of fused-ring (bicyclic) bond motifs is 2. The first-order valence-electron chi connectivity index (χ1n) is 6.69. The molecule has 0 fully saturated rings. The van der Waals surface area contributed by atoms with Crippen molar-refractivity contribution in [2.24, 2.45) is 0 Å². The maximum Gasteiger partial charge on any atom is 0.737 e. The summed E-state index contributed by atoms with van der Waals surface area (Å²) in [5.41, 5.74) is 1.91. The van der Waals surface area contributed by atoms with Crippen molar-refractivity contribution in [2.75, 3.05) is 0 Å². The van der Waals surface area contributed by atoms with Gasteiger partial charge in [0.1, 0.15) is 12.0 Å². The first kappa shape index (κ1) is 13.6. The SMILES string of the molecule is Fc1cc(Br)cc(C2=C3C=CC=[N+]3[B-](F)(F)n3cccc32)c1. The lowest BCUT2D eigenvalue weighted by Gasteiger charge is -2.30. The summed E-state index contributed by atoms with van der Waals surface area (Å²) in [5.74, 6) is -0.420. The van der Waals surface area contributed by atoms with Gasteiger partial charge in [-0.05, 0) is 42.1 Å². The van der Waals surface area contributed by atoms with Crippen molar-refractivity contribution in [3.05, 3.63) is 75.9 Å². The van der Waals surface area contributed by atoms with Crippen molar-refractivity contribution in [3.8, 4) is 0 Å². The molecule has 0 aliphatic carbocycles. The quantitative estimate of drug-likeness (QED) is 0.675. The zero-order chi connectivity index (χ0) is 15.5. The maximum atomic E-state index is 14.6. The second-order valence-corrected chi connectivity index (χ2v) is 6.14. The Morgan fingerprint density at radius 1 is 1.18 bits per heavy atom. The molecular weight excluding hydrogens is 356 g/mol. The molecule has 0 amide bonds. The van der Waals surface area contributed by atoms with Crippen LogP contribution in [0.2, 0.25) is 0 Å². The second kappa shape index (κ2) is 4.49. The zero-order valence-corrected chi connectivity index (χ0v) is 12.8. The summed E-state index contributed by atoms with van der Waals surface area (Å²) in [6, 6.07) is 7.62. The van der Waals surface area contributed by atoms with E-state index < -0.39 is 12.8 Å². The Labute approximate surface area is 133 Å². The minimum atomic E-state index is -3.92. The van der Waals surface area contributed by atoms with Gasteiger partial charge in [0.05, 0.1) is 5.57 Å². The molecule has 0 atom stereocenters. The van der Waals surface area contributed by atoms with Gasteiger partial charge < -0.3 is 17.6 Å². The minimum absolute atomic E-state index is 0.383. The Morgan fingerprint density at radius 2 is 2.00 bits per heavy atom. The van der Waals surface area contributed by atoms with Gasteiger partial charge in [0, 0.05) is 22.3 Å². The number of rotatable bonds is 1. The highest BCUT2D eigenvalue weighted by atomic mass is 79.9. The van der Waals surface area contributed by atoms with Crippen LogP contribution in [0.1, 0.15) is 11.3 Å². The summed E-state index contributed by atoms with van der Waals surface area (Å²) < 4.78 is 45.4. The molecule has 4 rings (SSSR count). The molecular formula is C15H9BBrF3N2. The number of hydrogen-bond acceptors (Lipinski definition) is 0. The van der Waals surface area contributed by atoms with Crippen molar-refractivity contribution in [2.45, 2.75) is 0 Å². The Balaban J connectivity index is 2.06. The fourth-order valence-electron chi connectivity index (χ4n) is 3.01. The zero-order valence-electron chi connectivity index (χ0n) is 11.2. The van der Waals surface area contributed by atoms with Crippen molar-refractivity contribution < 1.29 is 17.5 Å². The molecule has 2 nitrogen and oxygen atoms in total. The molecule has 2 aliphatic heterocycles. The first-order valence-corrected chi connectivity index (χ1v) is 7.48. The molecule has 1 aromatic carbocycles. The topological polar surface area (TPSA) is 7.94 Å². The third-order valence-corrected chi connectivity index (χ3v) is 4.35. The number of allylic oxidation sites excluding steroid dienone is 2. The molecule has 7 heteroatoms. The van der Waals surface area contributed by atoms with E-state index in [4.69, 9.17) is 0 Å². The fourth-order valence-corrected chi connectivity index (χ4v) is 3.48. The molecule has 110 valence electrons. The monoisotopic (exact) mass is 364 g/mol. The lowest BCUT2D eigenvalue weighted by molar-refractivity contribution is -0.356. The standard InChI is InChI=1S/C15H9BBrF3N2/c17-11-7-10(8-12(18)9-11)15-13-3-1-5-21(13)16(19,20)22-6-2-4-14(15)22/h1-9H. The van der Waals surface area contributed by atoms with Crippen LogP contribution in [0.5, 0.6) is 0 Å². The van der Waals surface area contributed by atoms with Gasteiger partial charge in [-0.2, -0.15) is 0 Å². The van der Waals surface area contributed by atoms with E-state index in [1.54, 1.807) is 30.4 Å². The Hall–Kier alpha value is -2.02. The van der Waals surface area contributed by atoms with Crippen LogP contribution >= 0.6 is 15.9 Å². The van der Waals surface area contributed by atoms with Crippen LogP contribution < -0.4 is 0 Å². The van der Waals surface area contributed by atoms with Crippen LogP contribution in [-0.2, 0) is 0 Å². The third-order valence-electron chi connectivity index (χ3n) is 3.89. The molecule has 0 saturated heterocycles. The van der Waals surface area contributed by atoms with Crippen LogP contribution in [0.3, 0.4) is 0 Å². The molecule has 1 aromatic heterocycles. The maximum absolute atomic E-state index is 14.6. The highest BCUT2D eigenvalue weighted by molar-refractivity contribution is 9.10. The van der Waals surface area contributed by atoms with Crippen molar-refractivity contribution in [1.82, 2.24) is 4.48 Å². The number of halogens is 4. The van der Waals surface area contributed by atoms with E-state index in [2.05, 4.69) is 15.9 Å². The summed E-state index contributed by atoms with van der Waals surface area (Å²) in [7, 11) is 0. The van der Waals surface area contributed by atoms with E-state index in [0.717, 1.165) is 8.96 Å². The van der Waals surface area contributed by atoms with Gasteiger partial charge >= 0.3 is 6.97 Å². The van der Waals surface area contributed by atoms with Gasteiger partial charge in [0.2, 0.25) is 0 Å². The predicted octanol–water partition coefficient (Wildman–Crippen LogP) is 4.04. The average molecular weight is 365 g/mol. The van der Waals surface area contributed by atoms with Gasteiger partial charge in [-0.1, -0.05) is 15.9 Å². The van der Waals surface area contributed by atoms with Gasteiger partial charge in [0.25, 0.3) is 0 Å². The average Bonchev–Trinajstić information content (AvgIpc) is 3.06. The van der Waals surface area contributed by atoms with E-state index in [9.17, 15) is 13.0 Å². The molecule has 3 heterocycles. The molecule has 0 radical (unpaired) electrons. The van der Waals surface area contributed by atoms with Crippen LogP contribution in [0, 0.1) is 5.82 Å². The van der Waals surface area contributed by atoms with Gasteiger partial charge in [0.15, 0.2) is 5.70 Å². The Morgan fingerprint density at radius 3 is 2.77 bits per heavy atom. The van der Waals surface area contributed by atoms with Crippen LogP contribution in [0.4, 0.5) is 13.0 Å². The summed E-state index contributed by atoms with van der Waals surface area (Å²) in [6.45, 7) is -3.92. The number of aromatic nitrogens is 1. The summed E-state index contributed by atoms with van der Waals surface area (Å²) >= 11 is 3.25. The van der Waals surface area contributed by atoms with E-state index in [1.165, 1.54) is 24.5 Å². The molecule has 22 heavy (non-hydrogen) atoms. The normalized spacial score (nSPS) is 18.3. The van der Waals surface area contributed by atoms with E-state index in [0.29, 0.717) is 27.0 Å². The van der Waals surface area contributed by atoms with Crippen molar-refractivity contribution in [3.63, 3.8) is 0 Å². The fraction of sp³-hybridized carbons (Fsp3) is 0. The molecule has 0 saturated carbocycles. The highest BCUT2D eigenvalue weighted by Crippen LogP contribution is 2.39. The van der Waals surface area contributed by atoms with Crippen LogP contribution in [-0.4, -0.2) is 22.1 Å². The lowest BCUT2D eigenvalue weighted by Crippen LogP contribution is -2.49. The molecule has 2 aromatic rings. The second-order valence-electron chi connectivity index (χ2n) is 5.22. The van der Waals surface area contributed by atoms with Crippen LogP contribution in [0.25, 0.3) is 5.57 Å². The summed E-state index contributed by atoms with van der Waals surface area (Å²) in [4.78, 5) is 0. The largest absolute Gasteiger partial charge is 0.737 e. The lowest BCUT2D eigenvalue weighted by atomic mass is 9.86. The molecule has 0 spiro atoms. The van der Waals surface area contributed by atoms with Crippen LogP contribution in [0.15, 0.2) is 58.9 Å². The molecule has 0 unspecified atom stereocenters.